The van der Waals surface area contributed by atoms with Crippen LogP contribution in [-0.2, 0) is 18.1 Å². The molecule has 0 bridgehead atoms. The van der Waals surface area contributed by atoms with Gasteiger partial charge in [0.2, 0.25) is 0 Å². The van der Waals surface area contributed by atoms with Crippen molar-refractivity contribution in [1.82, 2.24) is 30.2 Å². The van der Waals surface area contributed by atoms with Crippen molar-refractivity contribution < 1.29 is 40.6 Å². The largest absolute Gasteiger partial charge is 0.483 e. The first-order chi connectivity index (χ1) is 17.4. The molecule has 4 rings (SSSR count). The Morgan fingerprint density at radius 1 is 0.919 bits per heavy atom. The van der Waals surface area contributed by atoms with Crippen LogP contribution in [0, 0.1) is 11.6 Å². The Morgan fingerprint density at radius 3 is 2.27 bits per heavy atom. The molecule has 0 saturated heterocycles. The van der Waals surface area contributed by atoms with Gasteiger partial charge in [-0.25, -0.2) is 13.5 Å². The molecule has 0 aliphatic carbocycles. The number of rotatable bonds is 8. The first-order valence-corrected chi connectivity index (χ1v) is 10.3. The van der Waals surface area contributed by atoms with E-state index < -0.39 is 53.7 Å². The van der Waals surface area contributed by atoms with Crippen LogP contribution in [0.15, 0.2) is 61.2 Å². The Kier molecular flexibility index (Phi) is 6.82. The van der Waals surface area contributed by atoms with Gasteiger partial charge in [0.1, 0.15) is 29.4 Å². The van der Waals surface area contributed by atoms with Crippen LogP contribution in [0.1, 0.15) is 11.3 Å². The Balaban J connectivity index is 1.64. The molecule has 0 spiro atoms. The highest BCUT2D eigenvalue weighted by Crippen LogP contribution is 2.46. The van der Waals surface area contributed by atoms with E-state index in [1.54, 1.807) is 0 Å². The molecule has 3 heterocycles. The number of benzene rings is 1. The lowest BCUT2D eigenvalue weighted by molar-refractivity contribution is -0.207. The lowest BCUT2D eigenvalue weighted by Gasteiger charge is -2.35. The molecule has 15 heteroatoms. The lowest BCUT2D eigenvalue weighted by atomic mass is 9.84. The average molecular weight is 528 g/mol. The second-order valence-corrected chi connectivity index (χ2v) is 7.78. The number of halogens is 7. The van der Waals surface area contributed by atoms with E-state index in [2.05, 4.69) is 30.2 Å². The fourth-order valence-electron chi connectivity index (χ4n) is 3.41. The molecule has 3 aromatic heterocycles. The van der Waals surface area contributed by atoms with Crippen molar-refractivity contribution in [2.24, 2.45) is 0 Å². The van der Waals surface area contributed by atoms with E-state index in [0.717, 1.165) is 29.5 Å². The highest BCUT2D eigenvalue weighted by molar-refractivity contribution is 5.58. The molecule has 1 N–H and O–H groups in total. The minimum Gasteiger partial charge on any atom is -0.483 e. The number of hydrogen-bond donors (Lipinski definition) is 1. The molecule has 0 amide bonds. The van der Waals surface area contributed by atoms with Crippen LogP contribution >= 0.6 is 0 Å². The molecule has 0 radical (unpaired) electrons. The van der Waals surface area contributed by atoms with Gasteiger partial charge in [-0.2, -0.15) is 22.0 Å². The average Bonchev–Trinajstić information content (AvgIpc) is 3.35. The third kappa shape index (κ3) is 5.50. The summed E-state index contributed by atoms with van der Waals surface area (Å²) in [6, 6.07) is 6.28. The summed E-state index contributed by atoms with van der Waals surface area (Å²) >= 11 is 0. The van der Waals surface area contributed by atoms with Gasteiger partial charge in [0.25, 0.3) is 0 Å². The topological polar surface area (TPSA) is 98.8 Å². The van der Waals surface area contributed by atoms with Gasteiger partial charge in [-0.05, 0) is 46.8 Å². The van der Waals surface area contributed by atoms with E-state index in [9.17, 15) is 27.1 Å². The van der Waals surface area contributed by atoms with E-state index in [1.807, 2.05) is 0 Å². The Bertz CT molecular complexity index is 1350. The van der Waals surface area contributed by atoms with Gasteiger partial charge >= 0.3 is 12.1 Å². The number of aromatic nitrogens is 6. The summed E-state index contributed by atoms with van der Waals surface area (Å²) in [4.78, 5) is 7.63. The highest BCUT2D eigenvalue weighted by atomic mass is 19.4. The molecule has 194 valence electrons. The summed E-state index contributed by atoms with van der Waals surface area (Å²) in [7, 11) is 0. The first-order valence-electron chi connectivity index (χ1n) is 10.3. The number of aliphatic hydroxyl groups is 1. The van der Waals surface area contributed by atoms with Crippen molar-refractivity contribution in [3.8, 4) is 17.0 Å². The van der Waals surface area contributed by atoms with Gasteiger partial charge in [-0.15, -0.1) is 5.10 Å². The summed E-state index contributed by atoms with van der Waals surface area (Å²) in [6.07, 6.45) is -1.61. The number of tetrazole rings is 1. The number of alkyl halides is 5. The summed E-state index contributed by atoms with van der Waals surface area (Å²) in [5, 5.41) is 21.2. The van der Waals surface area contributed by atoms with Crippen molar-refractivity contribution in [3.05, 3.63) is 84.1 Å². The number of nitrogens with zero attached hydrogens (tertiary/aromatic N) is 6. The Labute approximate surface area is 203 Å². The van der Waals surface area contributed by atoms with E-state index >= 15 is 8.78 Å². The van der Waals surface area contributed by atoms with Gasteiger partial charge in [0, 0.05) is 23.4 Å². The van der Waals surface area contributed by atoms with Crippen LogP contribution in [-0.4, -0.2) is 48.1 Å². The first kappa shape index (κ1) is 25.9. The summed E-state index contributed by atoms with van der Waals surface area (Å²) in [5.74, 6) is -6.88. The van der Waals surface area contributed by atoms with Crippen LogP contribution in [0.25, 0.3) is 11.3 Å². The van der Waals surface area contributed by atoms with Crippen molar-refractivity contribution in [2.45, 2.75) is 24.2 Å². The molecule has 1 atom stereocenters. The fourth-order valence-corrected chi connectivity index (χ4v) is 3.41. The zero-order valence-electron chi connectivity index (χ0n) is 18.4. The minimum absolute atomic E-state index is 0.161. The lowest BCUT2D eigenvalue weighted by Crippen LogP contribution is -2.48. The summed E-state index contributed by atoms with van der Waals surface area (Å²) < 4.78 is 102. The second kappa shape index (κ2) is 9.72. The zero-order chi connectivity index (χ0) is 26.8. The molecular weight excluding hydrogens is 513 g/mol. The third-order valence-corrected chi connectivity index (χ3v) is 5.20. The maximum atomic E-state index is 15.8. The third-order valence-electron chi connectivity index (χ3n) is 5.20. The highest BCUT2D eigenvalue weighted by Gasteiger charge is 2.58. The van der Waals surface area contributed by atoms with Gasteiger partial charge in [0.05, 0.1) is 18.4 Å². The van der Waals surface area contributed by atoms with Crippen LogP contribution in [0.5, 0.6) is 5.75 Å². The van der Waals surface area contributed by atoms with Crippen molar-refractivity contribution in [3.63, 3.8) is 0 Å². The van der Waals surface area contributed by atoms with E-state index in [-0.39, 0.29) is 17.0 Å². The molecule has 1 aromatic carbocycles. The van der Waals surface area contributed by atoms with Crippen molar-refractivity contribution in [2.75, 3.05) is 6.61 Å². The number of ether oxygens (including phenoxy) is 1. The molecule has 4 aromatic rings. The Morgan fingerprint density at radius 2 is 1.70 bits per heavy atom. The van der Waals surface area contributed by atoms with Gasteiger partial charge in [-0.3, -0.25) is 9.97 Å². The summed E-state index contributed by atoms with van der Waals surface area (Å²) in [6.45, 7) is -2.53. The van der Waals surface area contributed by atoms with Gasteiger partial charge in [-0.1, -0.05) is 0 Å². The van der Waals surface area contributed by atoms with E-state index in [1.165, 1.54) is 18.2 Å². The molecule has 8 nitrogen and oxygen atoms in total. The van der Waals surface area contributed by atoms with Crippen molar-refractivity contribution >= 4 is 0 Å². The molecular formula is C22H15F7N6O2. The van der Waals surface area contributed by atoms with Crippen LogP contribution in [0.3, 0.4) is 0 Å². The fraction of sp³-hybridized carbons (Fsp3) is 0.227. The molecule has 0 saturated carbocycles. The van der Waals surface area contributed by atoms with Gasteiger partial charge < -0.3 is 9.84 Å². The monoisotopic (exact) mass is 528 g/mol. The molecule has 0 aliphatic heterocycles. The van der Waals surface area contributed by atoms with E-state index in [4.69, 9.17) is 0 Å². The maximum Gasteiger partial charge on any atom is 0.422 e. The normalized spacial score (nSPS) is 13.8. The SMILES string of the molecule is OC(Cn1cnnn1)(c1ccc(F)cc1F)C(F)(F)c1ccc(-c2ccc(OCC(F)(F)F)cn2)cn1. The smallest absolute Gasteiger partial charge is 0.422 e. The van der Waals surface area contributed by atoms with E-state index in [0.29, 0.717) is 18.2 Å². The molecule has 37 heavy (non-hydrogen) atoms. The Hall–Kier alpha value is -4.14. The molecule has 0 aliphatic rings. The van der Waals surface area contributed by atoms with Crippen molar-refractivity contribution in [1.29, 1.82) is 0 Å². The predicted molar refractivity (Wildman–Crippen MR) is 111 cm³/mol. The minimum atomic E-state index is -4.53. The van der Waals surface area contributed by atoms with Crippen LogP contribution < -0.4 is 4.74 Å². The molecule has 0 fully saturated rings. The molecule has 1 unspecified atom stereocenters. The quantitative estimate of drug-likeness (QED) is 0.345. The van der Waals surface area contributed by atoms with Crippen LogP contribution in [0.4, 0.5) is 30.7 Å². The standard InChI is InChI=1S/C22H15F7N6O2/c23-14-2-4-16(17(24)7-14)20(36,10-35-12-32-33-34-35)22(28,29)19-6-1-13(8-31-19)18-5-3-15(9-30-18)37-11-21(25,26)27/h1-9,12,36H,10-11H2. The number of hydrogen-bond acceptors (Lipinski definition) is 7. The zero-order valence-corrected chi connectivity index (χ0v) is 18.4. The van der Waals surface area contributed by atoms with Crippen LogP contribution in [0.2, 0.25) is 0 Å². The second-order valence-electron chi connectivity index (χ2n) is 7.78. The predicted octanol–water partition coefficient (Wildman–Crippen LogP) is 4.03. The number of pyridine rings is 2. The van der Waals surface area contributed by atoms with Gasteiger partial charge in [0.15, 0.2) is 12.2 Å². The maximum absolute atomic E-state index is 15.8. The summed E-state index contributed by atoms with van der Waals surface area (Å²) in [5.41, 5.74) is -4.81.